The van der Waals surface area contributed by atoms with Crippen molar-refractivity contribution in [3.63, 3.8) is 0 Å². The van der Waals surface area contributed by atoms with Gasteiger partial charge in [0.1, 0.15) is 23.6 Å². The fraction of sp³-hybridized carbons (Fsp3) is 0.368. The summed E-state index contributed by atoms with van der Waals surface area (Å²) < 4.78 is 40.8. The SMILES string of the molecule is CC1CCN(S(=O)(=O)c2cccc(F)c2)CC1CNc1ncnc2[nH]ccc12. The van der Waals surface area contributed by atoms with Crippen molar-refractivity contribution in [1.29, 1.82) is 0 Å². The zero-order valence-electron chi connectivity index (χ0n) is 15.5. The summed E-state index contributed by atoms with van der Waals surface area (Å²) >= 11 is 0. The monoisotopic (exact) mass is 403 g/mol. The molecule has 2 unspecified atom stereocenters. The van der Waals surface area contributed by atoms with E-state index in [1.807, 2.05) is 6.07 Å². The van der Waals surface area contributed by atoms with Crippen molar-refractivity contribution in [2.45, 2.75) is 18.2 Å². The Bertz CT molecular complexity index is 1080. The highest BCUT2D eigenvalue weighted by Crippen LogP contribution is 2.29. The van der Waals surface area contributed by atoms with Crippen molar-refractivity contribution in [1.82, 2.24) is 19.3 Å². The third-order valence-corrected chi connectivity index (χ3v) is 7.26. The third-order valence-electron chi connectivity index (χ3n) is 5.40. The van der Waals surface area contributed by atoms with Crippen molar-refractivity contribution in [3.8, 4) is 0 Å². The lowest BCUT2D eigenvalue weighted by Gasteiger charge is -2.36. The summed E-state index contributed by atoms with van der Waals surface area (Å²) in [5, 5.41) is 4.24. The molecular formula is C19H22FN5O2S. The Morgan fingerprint density at radius 1 is 1.32 bits per heavy atom. The molecule has 0 radical (unpaired) electrons. The summed E-state index contributed by atoms with van der Waals surface area (Å²) in [6.45, 7) is 3.54. The van der Waals surface area contributed by atoms with Gasteiger partial charge in [-0.15, -0.1) is 0 Å². The maximum Gasteiger partial charge on any atom is 0.243 e. The van der Waals surface area contributed by atoms with Crippen molar-refractivity contribution < 1.29 is 12.8 Å². The van der Waals surface area contributed by atoms with Gasteiger partial charge in [0.2, 0.25) is 10.0 Å². The van der Waals surface area contributed by atoms with E-state index in [2.05, 4.69) is 27.2 Å². The zero-order chi connectivity index (χ0) is 19.7. The van der Waals surface area contributed by atoms with E-state index in [1.165, 1.54) is 28.8 Å². The molecule has 1 fully saturated rings. The zero-order valence-corrected chi connectivity index (χ0v) is 16.3. The molecule has 3 aromatic rings. The van der Waals surface area contributed by atoms with Crippen molar-refractivity contribution >= 4 is 26.9 Å². The molecule has 7 nitrogen and oxygen atoms in total. The van der Waals surface area contributed by atoms with Crippen LogP contribution in [0, 0.1) is 17.7 Å². The molecule has 0 saturated carbocycles. The molecule has 0 bridgehead atoms. The smallest absolute Gasteiger partial charge is 0.243 e. The van der Waals surface area contributed by atoms with Crippen LogP contribution in [0.2, 0.25) is 0 Å². The molecule has 1 aromatic carbocycles. The molecule has 2 N–H and O–H groups in total. The van der Waals surface area contributed by atoms with Crippen molar-refractivity contribution in [3.05, 3.63) is 48.7 Å². The molecule has 0 amide bonds. The summed E-state index contributed by atoms with van der Waals surface area (Å²) in [4.78, 5) is 11.5. The van der Waals surface area contributed by atoms with Crippen LogP contribution < -0.4 is 5.32 Å². The number of piperidine rings is 1. The standard InChI is InChI=1S/C19H22FN5O2S/c1-13-6-8-25(28(26,27)16-4-2-3-15(20)9-16)11-14(13)10-22-19-17-5-7-21-18(17)23-12-24-19/h2-5,7,9,12-14H,6,8,10-11H2,1H3,(H2,21,22,23,24). The first-order valence-corrected chi connectivity index (χ1v) is 10.7. The van der Waals surface area contributed by atoms with E-state index in [4.69, 9.17) is 0 Å². The lowest BCUT2D eigenvalue weighted by atomic mass is 9.88. The summed E-state index contributed by atoms with van der Waals surface area (Å²) in [5.74, 6) is 0.642. The predicted octanol–water partition coefficient (Wildman–Crippen LogP) is 2.86. The Morgan fingerprint density at radius 3 is 3.00 bits per heavy atom. The van der Waals surface area contributed by atoms with Gasteiger partial charge < -0.3 is 10.3 Å². The van der Waals surface area contributed by atoms with Gasteiger partial charge in [0.25, 0.3) is 0 Å². The molecule has 4 rings (SSSR count). The van der Waals surface area contributed by atoms with Crippen LogP contribution in [0.5, 0.6) is 0 Å². The first kappa shape index (κ1) is 18.8. The van der Waals surface area contributed by atoms with E-state index in [1.54, 1.807) is 6.20 Å². The van der Waals surface area contributed by atoms with Gasteiger partial charge in [0.05, 0.1) is 10.3 Å². The van der Waals surface area contributed by atoms with Gasteiger partial charge in [-0.3, -0.25) is 0 Å². The summed E-state index contributed by atoms with van der Waals surface area (Å²) in [7, 11) is -3.71. The van der Waals surface area contributed by atoms with Crippen molar-refractivity contribution in [2.24, 2.45) is 11.8 Å². The first-order chi connectivity index (χ1) is 13.4. The lowest BCUT2D eigenvalue weighted by molar-refractivity contribution is 0.207. The molecule has 2 aromatic heterocycles. The molecule has 28 heavy (non-hydrogen) atoms. The summed E-state index contributed by atoms with van der Waals surface area (Å²) in [6.07, 6.45) is 4.05. The van der Waals surface area contributed by atoms with E-state index in [9.17, 15) is 12.8 Å². The van der Waals surface area contributed by atoms with Gasteiger partial charge in [0.15, 0.2) is 0 Å². The van der Waals surface area contributed by atoms with Crippen LogP contribution in [-0.2, 0) is 10.0 Å². The highest BCUT2D eigenvalue weighted by Gasteiger charge is 2.33. The minimum absolute atomic E-state index is 0.00130. The lowest BCUT2D eigenvalue weighted by Crippen LogP contribution is -2.45. The number of rotatable bonds is 5. The number of fused-ring (bicyclic) bond motifs is 1. The second kappa shape index (κ2) is 7.48. The normalized spacial score (nSPS) is 21.1. The van der Waals surface area contributed by atoms with Gasteiger partial charge >= 0.3 is 0 Å². The molecule has 0 aliphatic carbocycles. The van der Waals surface area contributed by atoms with Gasteiger partial charge in [-0.2, -0.15) is 4.31 Å². The first-order valence-electron chi connectivity index (χ1n) is 9.23. The highest BCUT2D eigenvalue weighted by molar-refractivity contribution is 7.89. The maximum absolute atomic E-state index is 13.5. The number of sulfonamides is 1. The molecule has 1 aliphatic heterocycles. The number of aromatic amines is 1. The van der Waals surface area contributed by atoms with E-state index in [-0.39, 0.29) is 10.8 Å². The van der Waals surface area contributed by atoms with E-state index in [0.29, 0.717) is 25.6 Å². The second-order valence-corrected chi connectivity index (χ2v) is 9.13. The number of benzene rings is 1. The highest BCUT2D eigenvalue weighted by atomic mass is 32.2. The number of nitrogens with zero attached hydrogens (tertiary/aromatic N) is 3. The Balaban J connectivity index is 1.50. The minimum atomic E-state index is -3.71. The predicted molar refractivity (Wildman–Crippen MR) is 105 cm³/mol. The third kappa shape index (κ3) is 3.59. The fourth-order valence-corrected chi connectivity index (χ4v) is 5.16. The number of halogens is 1. The van der Waals surface area contributed by atoms with Crippen LogP contribution in [-0.4, -0.2) is 47.3 Å². The number of H-pyrrole nitrogens is 1. The second-order valence-electron chi connectivity index (χ2n) is 7.19. The van der Waals surface area contributed by atoms with Crippen LogP contribution in [0.15, 0.2) is 47.8 Å². The average Bonchev–Trinajstić information content (AvgIpc) is 3.16. The fourth-order valence-electron chi connectivity index (χ4n) is 3.62. The number of aromatic nitrogens is 3. The Kier molecular flexibility index (Phi) is 5.03. The molecule has 148 valence electrons. The topological polar surface area (TPSA) is 91.0 Å². The van der Waals surface area contributed by atoms with Gasteiger partial charge in [-0.1, -0.05) is 13.0 Å². The minimum Gasteiger partial charge on any atom is -0.369 e. The van der Waals surface area contributed by atoms with E-state index >= 15 is 0 Å². The largest absolute Gasteiger partial charge is 0.369 e. The number of hydrogen-bond acceptors (Lipinski definition) is 5. The Labute approximate surface area is 163 Å². The summed E-state index contributed by atoms with van der Waals surface area (Å²) in [5.41, 5.74) is 0.754. The van der Waals surface area contributed by atoms with E-state index in [0.717, 1.165) is 29.3 Å². The van der Waals surface area contributed by atoms with Crippen LogP contribution in [0.1, 0.15) is 13.3 Å². The molecule has 1 saturated heterocycles. The van der Waals surface area contributed by atoms with Crippen LogP contribution >= 0.6 is 0 Å². The van der Waals surface area contributed by atoms with Crippen LogP contribution in [0.3, 0.4) is 0 Å². The molecule has 9 heteroatoms. The van der Waals surface area contributed by atoms with Gasteiger partial charge in [-0.25, -0.2) is 22.8 Å². The van der Waals surface area contributed by atoms with Crippen molar-refractivity contribution in [2.75, 3.05) is 25.0 Å². The summed E-state index contributed by atoms with van der Waals surface area (Å²) in [6, 6.07) is 7.08. The molecule has 0 spiro atoms. The average molecular weight is 403 g/mol. The van der Waals surface area contributed by atoms with E-state index < -0.39 is 15.8 Å². The molecule has 2 atom stereocenters. The Hall–Kier alpha value is -2.52. The maximum atomic E-state index is 13.5. The van der Waals surface area contributed by atoms with Gasteiger partial charge in [0, 0.05) is 25.8 Å². The number of anilines is 1. The molecule has 1 aliphatic rings. The quantitative estimate of drug-likeness (QED) is 0.684. The molecular weight excluding hydrogens is 381 g/mol. The Morgan fingerprint density at radius 2 is 2.18 bits per heavy atom. The number of nitrogens with one attached hydrogen (secondary N) is 2. The van der Waals surface area contributed by atoms with Gasteiger partial charge in [-0.05, 0) is 42.5 Å². The molecule has 3 heterocycles. The van der Waals surface area contributed by atoms with Crippen LogP contribution in [0.4, 0.5) is 10.2 Å². The number of hydrogen-bond donors (Lipinski definition) is 2. The van der Waals surface area contributed by atoms with Crippen LogP contribution in [0.25, 0.3) is 11.0 Å².